The maximum absolute atomic E-state index is 12.3. The van der Waals surface area contributed by atoms with Gasteiger partial charge in [-0.3, -0.25) is 4.79 Å². The van der Waals surface area contributed by atoms with Gasteiger partial charge in [-0.05, 0) is 13.3 Å². The minimum absolute atomic E-state index is 0.0249. The highest BCUT2D eigenvalue weighted by Crippen LogP contribution is 2.19. The third kappa shape index (κ3) is 2.91. The standard InChI is InChI=1S/C11H21N3O4/c1-4-11(2,17-3)10(15)14-5-6-18-8(7-14)9(12)13-16/h8,16H,4-7H2,1-3H3,(H2,12,13). The summed E-state index contributed by atoms with van der Waals surface area (Å²) in [6.45, 7) is 4.75. The van der Waals surface area contributed by atoms with E-state index >= 15 is 0 Å². The zero-order chi connectivity index (χ0) is 13.8. The predicted molar refractivity (Wildman–Crippen MR) is 65.4 cm³/mol. The predicted octanol–water partition coefficient (Wildman–Crippen LogP) is -0.225. The van der Waals surface area contributed by atoms with Gasteiger partial charge in [-0.25, -0.2) is 0 Å². The molecule has 104 valence electrons. The Kier molecular flexibility index (Phi) is 4.92. The van der Waals surface area contributed by atoms with Crippen molar-refractivity contribution in [1.82, 2.24) is 4.90 Å². The lowest BCUT2D eigenvalue weighted by molar-refractivity contribution is -0.158. The Balaban J connectivity index is 2.75. The first kappa shape index (κ1) is 14.7. The number of carbonyl (C=O) groups is 1. The second kappa shape index (κ2) is 6.01. The zero-order valence-corrected chi connectivity index (χ0v) is 11.0. The highest BCUT2D eigenvalue weighted by molar-refractivity contribution is 5.88. The number of ether oxygens (including phenoxy) is 2. The molecule has 0 saturated carbocycles. The maximum Gasteiger partial charge on any atom is 0.254 e. The number of rotatable bonds is 4. The summed E-state index contributed by atoms with van der Waals surface area (Å²) in [4.78, 5) is 14.0. The molecule has 0 bridgehead atoms. The summed E-state index contributed by atoms with van der Waals surface area (Å²) in [7, 11) is 1.52. The number of nitrogens with zero attached hydrogens (tertiary/aromatic N) is 2. The van der Waals surface area contributed by atoms with Gasteiger partial charge in [-0.15, -0.1) is 0 Å². The summed E-state index contributed by atoms with van der Waals surface area (Å²) in [6.07, 6.45) is 0.0131. The monoisotopic (exact) mass is 259 g/mol. The van der Waals surface area contributed by atoms with Gasteiger partial charge in [0.05, 0.1) is 13.2 Å². The molecule has 1 rings (SSSR count). The van der Waals surface area contributed by atoms with E-state index in [4.69, 9.17) is 20.4 Å². The number of methoxy groups -OCH3 is 1. The van der Waals surface area contributed by atoms with Gasteiger partial charge in [0.2, 0.25) is 0 Å². The Morgan fingerprint density at radius 2 is 2.39 bits per heavy atom. The number of morpholine rings is 1. The topological polar surface area (TPSA) is 97.4 Å². The molecule has 1 aliphatic heterocycles. The fourth-order valence-electron chi connectivity index (χ4n) is 1.79. The van der Waals surface area contributed by atoms with Gasteiger partial charge in [-0.2, -0.15) is 0 Å². The minimum atomic E-state index is -0.840. The van der Waals surface area contributed by atoms with Crippen molar-refractivity contribution in [2.24, 2.45) is 10.9 Å². The average molecular weight is 259 g/mol. The van der Waals surface area contributed by atoms with Crippen LogP contribution in [0.2, 0.25) is 0 Å². The minimum Gasteiger partial charge on any atom is -0.409 e. The van der Waals surface area contributed by atoms with Gasteiger partial charge in [0.1, 0.15) is 11.7 Å². The zero-order valence-electron chi connectivity index (χ0n) is 11.0. The van der Waals surface area contributed by atoms with Crippen molar-refractivity contribution in [3.63, 3.8) is 0 Å². The third-order valence-corrected chi connectivity index (χ3v) is 3.38. The molecule has 0 radical (unpaired) electrons. The second-order valence-electron chi connectivity index (χ2n) is 4.42. The molecule has 0 aromatic heterocycles. The number of amides is 1. The van der Waals surface area contributed by atoms with Gasteiger partial charge >= 0.3 is 0 Å². The third-order valence-electron chi connectivity index (χ3n) is 3.38. The van der Waals surface area contributed by atoms with Crippen LogP contribution in [0, 0.1) is 0 Å². The van der Waals surface area contributed by atoms with Crippen LogP contribution in [0.5, 0.6) is 0 Å². The van der Waals surface area contributed by atoms with Crippen molar-refractivity contribution in [1.29, 1.82) is 0 Å². The number of oxime groups is 1. The van der Waals surface area contributed by atoms with E-state index in [0.29, 0.717) is 19.6 Å². The molecule has 7 nitrogen and oxygen atoms in total. The van der Waals surface area contributed by atoms with Crippen molar-refractivity contribution >= 4 is 11.7 Å². The van der Waals surface area contributed by atoms with E-state index in [2.05, 4.69) is 5.16 Å². The number of amidine groups is 1. The Morgan fingerprint density at radius 1 is 1.72 bits per heavy atom. The van der Waals surface area contributed by atoms with E-state index in [1.165, 1.54) is 7.11 Å². The molecule has 1 amide bonds. The summed E-state index contributed by atoms with van der Waals surface area (Å²) in [5.74, 6) is -0.130. The summed E-state index contributed by atoms with van der Waals surface area (Å²) < 4.78 is 10.6. The first-order valence-electron chi connectivity index (χ1n) is 5.92. The Morgan fingerprint density at radius 3 is 2.89 bits per heavy atom. The largest absolute Gasteiger partial charge is 0.409 e. The fourth-order valence-corrected chi connectivity index (χ4v) is 1.79. The first-order valence-corrected chi connectivity index (χ1v) is 5.92. The smallest absolute Gasteiger partial charge is 0.254 e. The normalized spacial score (nSPS) is 24.7. The number of hydrogen-bond acceptors (Lipinski definition) is 5. The summed E-state index contributed by atoms with van der Waals surface area (Å²) >= 11 is 0. The average Bonchev–Trinajstić information content (AvgIpc) is 2.44. The number of carbonyl (C=O) groups excluding carboxylic acids is 1. The maximum atomic E-state index is 12.3. The van der Waals surface area contributed by atoms with E-state index in [1.54, 1.807) is 11.8 Å². The molecule has 0 aromatic carbocycles. The molecular weight excluding hydrogens is 238 g/mol. The summed E-state index contributed by atoms with van der Waals surface area (Å²) in [5.41, 5.74) is 4.65. The van der Waals surface area contributed by atoms with Crippen molar-refractivity contribution in [2.75, 3.05) is 26.8 Å². The van der Waals surface area contributed by atoms with Gasteiger partial charge in [-0.1, -0.05) is 12.1 Å². The Labute approximate surface area is 107 Å². The molecule has 18 heavy (non-hydrogen) atoms. The van der Waals surface area contributed by atoms with E-state index in [0.717, 1.165) is 0 Å². The van der Waals surface area contributed by atoms with Gasteiger partial charge in [0.25, 0.3) is 5.91 Å². The van der Waals surface area contributed by atoms with Gasteiger partial charge < -0.3 is 25.3 Å². The van der Waals surface area contributed by atoms with Crippen molar-refractivity contribution < 1.29 is 19.5 Å². The highest BCUT2D eigenvalue weighted by Gasteiger charge is 2.38. The van der Waals surface area contributed by atoms with Crippen LogP contribution in [0.25, 0.3) is 0 Å². The summed E-state index contributed by atoms with van der Waals surface area (Å²) in [6, 6.07) is 0. The molecule has 3 N–H and O–H groups in total. The van der Waals surface area contributed by atoms with E-state index in [1.807, 2.05) is 6.92 Å². The van der Waals surface area contributed by atoms with E-state index < -0.39 is 11.7 Å². The molecule has 1 aliphatic rings. The van der Waals surface area contributed by atoms with Crippen LogP contribution >= 0.6 is 0 Å². The lowest BCUT2D eigenvalue weighted by atomic mass is 10.0. The molecule has 2 atom stereocenters. The van der Waals surface area contributed by atoms with Gasteiger partial charge in [0, 0.05) is 13.7 Å². The Hall–Kier alpha value is -1.34. The quantitative estimate of drug-likeness (QED) is 0.315. The fraction of sp³-hybridized carbons (Fsp3) is 0.818. The molecule has 0 spiro atoms. The van der Waals surface area contributed by atoms with E-state index in [9.17, 15) is 4.79 Å². The van der Waals surface area contributed by atoms with Crippen molar-refractivity contribution in [3.05, 3.63) is 0 Å². The van der Waals surface area contributed by atoms with Crippen molar-refractivity contribution in [3.8, 4) is 0 Å². The molecule has 2 unspecified atom stereocenters. The lowest BCUT2D eigenvalue weighted by Gasteiger charge is -2.37. The van der Waals surface area contributed by atoms with Crippen LogP contribution in [0.1, 0.15) is 20.3 Å². The molecule has 1 heterocycles. The first-order chi connectivity index (χ1) is 8.48. The molecule has 1 saturated heterocycles. The highest BCUT2D eigenvalue weighted by atomic mass is 16.5. The van der Waals surface area contributed by atoms with Crippen LogP contribution in [0.15, 0.2) is 5.16 Å². The molecule has 1 fully saturated rings. The molecule has 0 aliphatic carbocycles. The molecule has 0 aromatic rings. The molecular formula is C11H21N3O4. The van der Waals surface area contributed by atoms with Crippen LogP contribution in [-0.2, 0) is 14.3 Å². The SMILES string of the molecule is CCC(C)(OC)C(=O)N1CCOC(C(N)=NO)C1. The van der Waals surface area contributed by atoms with Crippen LogP contribution in [0.3, 0.4) is 0 Å². The van der Waals surface area contributed by atoms with Crippen LogP contribution < -0.4 is 5.73 Å². The number of hydrogen-bond donors (Lipinski definition) is 2. The van der Waals surface area contributed by atoms with E-state index in [-0.39, 0.29) is 18.3 Å². The molecule has 7 heteroatoms. The number of nitrogens with two attached hydrogens (primary N) is 1. The van der Waals surface area contributed by atoms with Crippen molar-refractivity contribution in [2.45, 2.75) is 32.0 Å². The van der Waals surface area contributed by atoms with Gasteiger partial charge in [0.15, 0.2) is 5.84 Å². The Bertz CT molecular complexity index is 328. The lowest BCUT2D eigenvalue weighted by Crippen LogP contribution is -2.56. The second-order valence-corrected chi connectivity index (χ2v) is 4.42. The van der Waals surface area contributed by atoms with Crippen LogP contribution in [0.4, 0.5) is 0 Å². The van der Waals surface area contributed by atoms with Crippen LogP contribution in [-0.4, -0.2) is 60.4 Å². The summed E-state index contributed by atoms with van der Waals surface area (Å²) in [5, 5.41) is 11.5.